The lowest BCUT2D eigenvalue weighted by Gasteiger charge is -2.01. The van der Waals surface area contributed by atoms with Gasteiger partial charge < -0.3 is 5.32 Å². The zero-order valence-electron chi connectivity index (χ0n) is 12.1. The fourth-order valence-corrected chi connectivity index (χ4v) is 2.99. The van der Waals surface area contributed by atoms with Crippen LogP contribution in [0.3, 0.4) is 0 Å². The predicted molar refractivity (Wildman–Crippen MR) is 85.9 cm³/mol. The fraction of sp³-hybridized carbons (Fsp3) is 0.250. The van der Waals surface area contributed by atoms with E-state index in [0.717, 1.165) is 22.6 Å². The second-order valence-electron chi connectivity index (χ2n) is 5.02. The summed E-state index contributed by atoms with van der Waals surface area (Å²) < 4.78 is 1.87. The number of rotatable bonds is 4. The lowest BCUT2D eigenvalue weighted by Crippen LogP contribution is -2.25. The lowest BCUT2D eigenvalue weighted by atomic mass is 10.1. The summed E-state index contributed by atoms with van der Waals surface area (Å²) in [6.45, 7) is 4.79. The number of hydrogen-bond acceptors (Lipinski definition) is 3. The van der Waals surface area contributed by atoms with E-state index in [-0.39, 0.29) is 5.91 Å². The van der Waals surface area contributed by atoms with Crippen LogP contribution in [0.2, 0.25) is 0 Å². The van der Waals surface area contributed by atoms with Gasteiger partial charge in [0.1, 0.15) is 5.69 Å². The number of fused-ring (bicyclic) bond motifs is 1. The molecule has 3 rings (SSSR count). The summed E-state index contributed by atoms with van der Waals surface area (Å²) in [6, 6.07) is 8.24. The van der Waals surface area contributed by atoms with E-state index in [4.69, 9.17) is 0 Å². The number of hydrogen-bond donors (Lipinski definition) is 1. The highest BCUT2D eigenvalue weighted by molar-refractivity contribution is 7.15. The molecule has 2 heterocycles. The number of aryl methyl sites for hydroxylation is 1. The average molecular weight is 299 g/mol. The highest BCUT2D eigenvalue weighted by Gasteiger charge is 2.14. The minimum Gasteiger partial charge on any atom is -0.351 e. The van der Waals surface area contributed by atoms with Crippen LogP contribution in [0.5, 0.6) is 0 Å². The second-order valence-corrected chi connectivity index (χ2v) is 5.86. The van der Waals surface area contributed by atoms with E-state index in [1.165, 1.54) is 16.9 Å². The summed E-state index contributed by atoms with van der Waals surface area (Å²) in [6.07, 6.45) is 2.86. The summed E-state index contributed by atoms with van der Waals surface area (Å²) in [5.41, 5.74) is 3.83. The van der Waals surface area contributed by atoms with E-state index in [1.54, 1.807) is 0 Å². The van der Waals surface area contributed by atoms with Crippen LogP contribution in [0.1, 0.15) is 29.4 Å². The van der Waals surface area contributed by atoms with Crippen molar-refractivity contribution in [2.75, 3.05) is 6.54 Å². The molecule has 0 saturated heterocycles. The molecule has 3 aromatic rings. The highest BCUT2D eigenvalue weighted by atomic mass is 32.1. The number of aromatic nitrogens is 2. The summed E-state index contributed by atoms with van der Waals surface area (Å²) in [4.78, 5) is 17.6. The molecule has 0 atom stereocenters. The number of carbonyl (C=O) groups is 1. The van der Waals surface area contributed by atoms with Crippen LogP contribution < -0.4 is 5.32 Å². The first kappa shape index (κ1) is 13.8. The Balaban J connectivity index is 1.95. The van der Waals surface area contributed by atoms with Crippen molar-refractivity contribution in [3.05, 3.63) is 47.1 Å². The zero-order valence-corrected chi connectivity index (χ0v) is 12.9. The quantitative estimate of drug-likeness (QED) is 0.801. The van der Waals surface area contributed by atoms with Crippen LogP contribution in [-0.4, -0.2) is 21.8 Å². The molecule has 1 N–H and O–H groups in total. The van der Waals surface area contributed by atoms with Gasteiger partial charge in [-0.15, -0.1) is 11.3 Å². The Bertz CT molecular complexity index is 771. The Morgan fingerprint density at radius 3 is 2.81 bits per heavy atom. The van der Waals surface area contributed by atoms with Gasteiger partial charge in [0, 0.05) is 23.7 Å². The van der Waals surface area contributed by atoms with Gasteiger partial charge >= 0.3 is 0 Å². The van der Waals surface area contributed by atoms with Crippen LogP contribution in [0.15, 0.2) is 35.8 Å². The van der Waals surface area contributed by atoms with E-state index in [2.05, 4.69) is 41.5 Å². The van der Waals surface area contributed by atoms with Gasteiger partial charge in [-0.1, -0.05) is 36.8 Å². The standard InChI is InChI=1S/C16H17N3OS/c1-3-8-17-15(20)14-10-21-16-18-13(9-19(14)16)12-6-4-11(2)5-7-12/h4-7,9-10H,3,8H2,1-2H3,(H,17,20). The SMILES string of the molecule is CCCNC(=O)c1csc2nc(-c3ccc(C)cc3)cn12. The van der Waals surface area contributed by atoms with Crippen molar-refractivity contribution in [2.45, 2.75) is 20.3 Å². The molecule has 1 amide bonds. The summed E-state index contributed by atoms with van der Waals surface area (Å²) >= 11 is 1.49. The van der Waals surface area contributed by atoms with Gasteiger partial charge in [0.15, 0.2) is 4.96 Å². The van der Waals surface area contributed by atoms with Crippen molar-refractivity contribution in [2.24, 2.45) is 0 Å². The molecule has 21 heavy (non-hydrogen) atoms. The molecule has 0 fully saturated rings. The number of benzene rings is 1. The second kappa shape index (κ2) is 5.69. The fourth-order valence-electron chi connectivity index (χ4n) is 2.14. The number of thiazole rings is 1. The van der Waals surface area contributed by atoms with Crippen LogP contribution in [-0.2, 0) is 0 Å². The minimum atomic E-state index is -0.0454. The van der Waals surface area contributed by atoms with E-state index < -0.39 is 0 Å². The minimum absolute atomic E-state index is 0.0454. The third-order valence-electron chi connectivity index (χ3n) is 3.32. The van der Waals surface area contributed by atoms with Crippen molar-refractivity contribution < 1.29 is 4.79 Å². The smallest absolute Gasteiger partial charge is 0.269 e. The normalized spacial score (nSPS) is 11.0. The molecule has 0 aliphatic rings. The average Bonchev–Trinajstić information content (AvgIpc) is 3.05. The van der Waals surface area contributed by atoms with Gasteiger partial charge in [-0.2, -0.15) is 0 Å². The van der Waals surface area contributed by atoms with E-state index in [9.17, 15) is 4.79 Å². The predicted octanol–water partition coefficient (Wildman–Crippen LogP) is 3.51. The topological polar surface area (TPSA) is 46.4 Å². The molecule has 0 spiro atoms. The Kier molecular flexibility index (Phi) is 3.75. The van der Waals surface area contributed by atoms with Crippen molar-refractivity contribution in [1.82, 2.24) is 14.7 Å². The third-order valence-corrected chi connectivity index (χ3v) is 4.16. The molecule has 108 valence electrons. The maximum absolute atomic E-state index is 12.1. The summed E-state index contributed by atoms with van der Waals surface area (Å²) in [5, 5.41) is 4.76. The number of imidazole rings is 1. The van der Waals surface area contributed by atoms with E-state index in [1.807, 2.05) is 22.9 Å². The Hall–Kier alpha value is -2.14. The van der Waals surface area contributed by atoms with Gasteiger partial charge in [0.2, 0.25) is 0 Å². The molecule has 0 saturated carbocycles. The van der Waals surface area contributed by atoms with Gasteiger partial charge in [0.25, 0.3) is 5.91 Å². The van der Waals surface area contributed by atoms with Gasteiger partial charge in [-0.05, 0) is 13.3 Å². The monoisotopic (exact) mass is 299 g/mol. The Morgan fingerprint density at radius 1 is 1.33 bits per heavy atom. The number of amides is 1. The van der Waals surface area contributed by atoms with Crippen LogP contribution in [0.4, 0.5) is 0 Å². The largest absolute Gasteiger partial charge is 0.351 e. The molecule has 2 aromatic heterocycles. The molecule has 0 aliphatic heterocycles. The molecular formula is C16H17N3OS. The molecular weight excluding hydrogens is 282 g/mol. The molecule has 0 unspecified atom stereocenters. The molecule has 4 nitrogen and oxygen atoms in total. The summed E-state index contributed by atoms with van der Waals surface area (Å²) in [5.74, 6) is -0.0454. The van der Waals surface area contributed by atoms with Crippen molar-refractivity contribution in [1.29, 1.82) is 0 Å². The number of nitrogens with zero attached hydrogens (tertiary/aromatic N) is 2. The van der Waals surface area contributed by atoms with E-state index >= 15 is 0 Å². The molecule has 0 aliphatic carbocycles. The molecule has 1 aromatic carbocycles. The first-order valence-electron chi connectivity index (χ1n) is 7.01. The molecule has 5 heteroatoms. The van der Waals surface area contributed by atoms with Gasteiger partial charge in [0.05, 0.1) is 5.69 Å². The third kappa shape index (κ3) is 2.69. The number of nitrogens with one attached hydrogen (secondary N) is 1. The van der Waals surface area contributed by atoms with Gasteiger partial charge in [-0.25, -0.2) is 4.98 Å². The Labute approximate surface area is 127 Å². The van der Waals surface area contributed by atoms with Crippen LogP contribution in [0.25, 0.3) is 16.2 Å². The first-order chi connectivity index (χ1) is 10.2. The molecule has 0 radical (unpaired) electrons. The maximum Gasteiger partial charge on any atom is 0.269 e. The maximum atomic E-state index is 12.1. The summed E-state index contributed by atoms with van der Waals surface area (Å²) in [7, 11) is 0. The van der Waals surface area contributed by atoms with Crippen molar-refractivity contribution >= 4 is 22.2 Å². The first-order valence-corrected chi connectivity index (χ1v) is 7.89. The molecule has 0 bridgehead atoms. The van der Waals surface area contributed by atoms with Gasteiger partial charge in [-0.3, -0.25) is 9.20 Å². The van der Waals surface area contributed by atoms with Crippen molar-refractivity contribution in [3.8, 4) is 11.3 Å². The van der Waals surface area contributed by atoms with Crippen LogP contribution >= 0.6 is 11.3 Å². The zero-order chi connectivity index (χ0) is 14.8. The highest BCUT2D eigenvalue weighted by Crippen LogP contribution is 2.23. The Morgan fingerprint density at radius 2 is 2.10 bits per heavy atom. The lowest BCUT2D eigenvalue weighted by molar-refractivity contribution is 0.0948. The van der Waals surface area contributed by atoms with Crippen molar-refractivity contribution in [3.63, 3.8) is 0 Å². The van der Waals surface area contributed by atoms with E-state index in [0.29, 0.717) is 12.2 Å². The number of carbonyl (C=O) groups excluding carboxylic acids is 1. The van der Waals surface area contributed by atoms with Crippen LogP contribution in [0, 0.1) is 6.92 Å².